The zero-order valence-corrected chi connectivity index (χ0v) is 15.7. The highest BCUT2D eigenvalue weighted by molar-refractivity contribution is 5.49. The molecule has 8 heteroatoms. The molecule has 1 aromatic carbocycles. The van der Waals surface area contributed by atoms with E-state index in [9.17, 15) is 13.2 Å². The Hall–Kier alpha value is -2.51. The fourth-order valence-electron chi connectivity index (χ4n) is 3.96. The van der Waals surface area contributed by atoms with Gasteiger partial charge in [0.1, 0.15) is 11.6 Å². The summed E-state index contributed by atoms with van der Waals surface area (Å²) in [5, 5.41) is 3.42. The maximum atomic E-state index is 12.5. The van der Waals surface area contributed by atoms with Crippen molar-refractivity contribution in [2.45, 2.75) is 58.0 Å². The van der Waals surface area contributed by atoms with Crippen LogP contribution in [0.25, 0.3) is 0 Å². The number of ether oxygens (including phenoxy) is 1. The lowest BCUT2D eigenvalue weighted by Gasteiger charge is -2.30. The Morgan fingerprint density at radius 3 is 2.64 bits per heavy atom. The van der Waals surface area contributed by atoms with Crippen molar-refractivity contribution in [1.29, 1.82) is 0 Å². The zero-order valence-electron chi connectivity index (χ0n) is 15.7. The minimum absolute atomic E-state index is 0.185. The van der Waals surface area contributed by atoms with Gasteiger partial charge in [-0.05, 0) is 49.4 Å². The highest BCUT2D eigenvalue weighted by Crippen LogP contribution is 2.30. The summed E-state index contributed by atoms with van der Waals surface area (Å²) in [5.41, 5.74) is 2.74. The van der Waals surface area contributed by atoms with E-state index in [-0.39, 0.29) is 5.75 Å². The Labute approximate surface area is 161 Å². The lowest BCUT2D eigenvalue weighted by molar-refractivity contribution is -0.274. The van der Waals surface area contributed by atoms with Gasteiger partial charge in [-0.25, -0.2) is 4.98 Å². The molecule has 0 atom stereocenters. The molecule has 1 fully saturated rings. The average Bonchev–Trinajstić information content (AvgIpc) is 3.12. The summed E-state index contributed by atoms with van der Waals surface area (Å²) in [7, 11) is 0. The Balaban J connectivity index is 1.53. The summed E-state index contributed by atoms with van der Waals surface area (Å²) in [6, 6.07) is 6.90. The maximum absolute atomic E-state index is 12.5. The Morgan fingerprint density at radius 1 is 1.11 bits per heavy atom. The van der Waals surface area contributed by atoms with Crippen LogP contribution in [0.5, 0.6) is 5.75 Å². The Kier molecular flexibility index (Phi) is 5.03. The molecule has 1 saturated carbocycles. The maximum Gasteiger partial charge on any atom is 0.573 e. The smallest absolute Gasteiger partial charge is 0.406 e. The monoisotopic (exact) mass is 392 g/mol. The summed E-state index contributed by atoms with van der Waals surface area (Å²) in [5.74, 6) is 1.23. The van der Waals surface area contributed by atoms with E-state index >= 15 is 0 Å². The van der Waals surface area contributed by atoms with Crippen LogP contribution in [0.2, 0.25) is 0 Å². The van der Waals surface area contributed by atoms with Crippen LogP contribution in [0, 0.1) is 6.92 Å². The van der Waals surface area contributed by atoms with Crippen LogP contribution in [-0.2, 0) is 13.0 Å². The van der Waals surface area contributed by atoms with E-state index in [1.807, 2.05) is 13.0 Å². The lowest BCUT2D eigenvalue weighted by Crippen LogP contribution is -2.31. The second-order valence-electron chi connectivity index (χ2n) is 7.47. The molecule has 0 spiro atoms. The standard InChI is InChI=1S/C20H23F3N4O/c1-13-10-18(26-19(24-13)25-16-4-2-3-5-16)27-9-8-14-6-7-17(11-15(14)12-27)28-20(21,22)23/h6-7,10-11,16H,2-5,8-9,12H2,1H3,(H,24,25,26). The van der Waals surface area contributed by atoms with Gasteiger partial charge in [0, 0.05) is 30.9 Å². The molecule has 0 radical (unpaired) electrons. The normalized spacial score (nSPS) is 17.5. The van der Waals surface area contributed by atoms with Crippen molar-refractivity contribution >= 4 is 11.8 Å². The number of benzene rings is 1. The van der Waals surface area contributed by atoms with Gasteiger partial charge in [-0.1, -0.05) is 18.9 Å². The van der Waals surface area contributed by atoms with Gasteiger partial charge in [0.2, 0.25) is 5.95 Å². The first-order chi connectivity index (χ1) is 13.4. The SMILES string of the molecule is Cc1cc(N2CCc3ccc(OC(F)(F)F)cc3C2)nc(NC2CCCC2)n1. The third-order valence-corrected chi connectivity index (χ3v) is 5.28. The number of hydrogen-bond acceptors (Lipinski definition) is 5. The average molecular weight is 392 g/mol. The van der Waals surface area contributed by atoms with Gasteiger partial charge in [-0.2, -0.15) is 4.98 Å². The lowest BCUT2D eigenvalue weighted by atomic mass is 9.99. The molecule has 28 heavy (non-hydrogen) atoms. The summed E-state index contributed by atoms with van der Waals surface area (Å²) >= 11 is 0. The minimum atomic E-state index is -4.69. The molecule has 2 aliphatic rings. The van der Waals surface area contributed by atoms with E-state index in [1.165, 1.54) is 25.0 Å². The first-order valence-electron chi connectivity index (χ1n) is 9.60. The second-order valence-corrected chi connectivity index (χ2v) is 7.47. The summed E-state index contributed by atoms with van der Waals surface area (Å²) in [6.07, 6.45) is 0.768. The first-order valence-corrected chi connectivity index (χ1v) is 9.60. The van der Waals surface area contributed by atoms with Gasteiger partial charge in [-0.3, -0.25) is 0 Å². The third kappa shape index (κ3) is 4.48. The van der Waals surface area contributed by atoms with Crippen LogP contribution >= 0.6 is 0 Å². The largest absolute Gasteiger partial charge is 0.573 e. The van der Waals surface area contributed by atoms with Crippen LogP contribution in [0.4, 0.5) is 24.9 Å². The van der Waals surface area contributed by atoms with Gasteiger partial charge in [0.25, 0.3) is 0 Å². The van der Waals surface area contributed by atoms with E-state index in [0.717, 1.165) is 48.4 Å². The van der Waals surface area contributed by atoms with Gasteiger partial charge >= 0.3 is 6.36 Å². The van der Waals surface area contributed by atoms with Crippen molar-refractivity contribution in [2.24, 2.45) is 0 Å². The first kappa shape index (κ1) is 18.8. The molecule has 2 heterocycles. The fraction of sp³-hybridized carbons (Fsp3) is 0.500. The number of anilines is 2. The van der Waals surface area contributed by atoms with E-state index < -0.39 is 6.36 Å². The number of halogens is 3. The Bertz CT molecular complexity index is 850. The van der Waals surface area contributed by atoms with E-state index in [4.69, 9.17) is 0 Å². The molecule has 0 saturated heterocycles. The number of rotatable bonds is 4. The van der Waals surface area contributed by atoms with E-state index in [2.05, 4.69) is 24.9 Å². The van der Waals surface area contributed by atoms with Gasteiger partial charge in [0.15, 0.2) is 0 Å². The minimum Gasteiger partial charge on any atom is -0.406 e. The molecule has 1 aliphatic carbocycles. The summed E-state index contributed by atoms with van der Waals surface area (Å²) in [4.78, 5) is 11.2. The number of hydrogen-bond donors (Lipinski definition) is 1. The highest BCUT2D eigenvalue weighted by atomic mass is 19.4. The predicted molar refractivity (Wildman–Crippen MR) is 101 cm³/mol. The third-order valence-electron chi connectivity index (χ3n) is 5.28. The van der Waals surface area contributed by atoms with Gasteiger partial charge < -0.3 is 15.0 Å². The molecule has 1 aromatic heterocycles. The van der Waals surface area contributed by atoms with Crippen molar-refractivity contribution in [3.63, 3.8) is 0 Å². The number of aromatic nitrogens is 2. The van der Waals surface area contributed by atoms with Crippen LogP contribution in [0.15, 0.2) is 24.3 Å². The van der Waals surface area contributed by atoms with Gasteiger partial charge in [0.05, 0.1) is 0 Å². The summed E-state index contributed by atoms with van der Waals surface area (Å²) < 4.78 is 41.6. The zero-order chi connectivity index (χ0) is 19.7. The van der Waals surface area contributed by atoms with Gasteiger partial charge in [-0.15, -0.1) is 13.2 Å². The van der Waals surface area contributed by atoms with Crippen LogP contribution < -0.4 is 15.0 Å². The van der Waals surface area contributed by atoms with Crippen molar-refractivity contribution in [1.82, 2.24) is 9.97 Å². The molecule has 0 unspecified atom stereocenters. The molecule has 2 aromatic rings. The summed E-state index contributed by atoms with van der Waals surface area (Å²) in [6.45, 7) is 3.17. The molecular formula is C20H23F3N4O. The molecular weight excluding hydrogens is 369 g/mol. The fourth-order valence-corrected chi connectivity index (χ4v) is 3.96. The van der Waals surface area contributed by atoms with Crippen molar-refractivity contribution in [2.75, 3.05) is 16.8 Å². The number of alkyl halides is 3. The molecule has 150 valence electrons. The van der Waals surface area contributed by atoms with E-state index in [0.29, 0.717) is 18.5 Å². The Morgan fingerprint density at radius 2 is 1.89 bits per heavy atom. The van der Waals surface area contributed by atoms with Crippen LogP contribution in [0.3, 0.4) is 0 Å². The van der Waals surface area contributed by atoms with Crippen molar-refractivity contribution in [3.05, 3.63) is 41.1 Å². The van der Waals surface area contributed by atoms with Crippen molar-refractivity contribution < 1.29 is 17.9 Å². The van der Waals surface area contributed by atoms with Crippen LogP contribution in [-0.4, -0.2) is 28.9 Å². The number of aryl methyl sites for hydroxylation is 1. The molecule has 0 bridgehead atoms. The molecule has 5 nitrogen and oxygen atoms in total. The number of fused-ring (bicyclic) bond motifs is 1. The van der Waals surface area contributed by atoms with Crippen molar-refractivity contribution in [3.8, 4) is 5.75 Å². The predicted octanol–water partition coefficient (Wildman–Crippen LogP) is 4.60. The molecule has 1 aliphatic heterocycles. The number of nitrogens with one attached hydrogen (secondary N) is 1. The molecule has 0 amide bonds. The quantitative estimate of drug-likeness (QED) is 0.824. The second kappa shape index (κ2) is 7.48. The topological polar surface area (TPSA) is 50.3 Å². The van der Waals surface area contributed by atoms with E-state index in [1.54, 1.807) is 6.07 Å². The highest BCUT2D eigenvalue weighted by Gasteiger charge is 2.31. The molecule has 4 rings (SSSR count). The molecule has 1 N–H and O–H groups in total. The number of nitrogens with zero attached hydrogens (tertiary/aromatic N) is 3. The van der Waals surface area contributed by atoms with Crippen LogP contribution in [0.1, 0.15) is 42.5 Å².